The SMILES string of the molecule is Cc1ccc2[nH]cc(Cl)c2c1-c1cc(C#CC2CC2)nc([C@H](CC(=O)O)NC(=O)[C@H](CC(C)C)n2cc(CCN(C)C)c(C(F)(F)F)cc2=O)c1. The number of H-pyrrole nitrogens is 1. The number of hydrogen-bond donors (Lipinski definition) is 3. The van der Waals surface area contributed by atoms with Gasteiger partial charge in [0.1, 0.15) is 11.7 Å². The van der Waals surface area contributed by atoms with E-state index in [2.05, 4.69) is 22.1 Å². The van der Waals surface area contributed by atoms with Crippen molar-refractivity contribution in [3.8, 4) is 23.0 Å². The average Bonchev–Trinajstić information content (AvgIpc) is 3.81. The van der Waals surface area contributed by atoms with E-state index in [-0.39, 0.29) is 42.5 Å². The van der Waals surface area contributed by atoms with Crippen LogP contribution in [0.5, 0.6) is 0 Å². The van der Waals surface area contributed by atoms with Crippen LogP contribution in [0.25, 0.3) is 22.0 Å². The second-order valence-electron chi connectivity index (χ2n) is 13.8. The molecule has 3 N–H and O–H groups in total. The fourth-order valence-corrected chi connectivity index (χ4v) is 6.36. The first-order valence-corrected chi connectivity index (χ1v) is 17.2. The minimum Gasteiger partial charge on any atom is -0.481 e. The van der Waals surface area contributed by atoms with Gasteiger partial charge in [-0.3, -0.25) is 14.4 Å². The van der Waals surface area contributed by atoms with Gasteiger partial charge in [-0.2, -0.15) is 13.2 Å². The number of rotatable bonds is 12. The normalized spacial score (nSPS) is 14.4. The first-order valence-electron chi connectivity index (χ1n) is 16.8. The molecule has 3 heterocycles. The minimum absolute atomic E-state index is 0.0154. The van der Waals surface area contributed by atoms with E-state index in [1.807, 2.05) is 39.0 Å². The molecule has 1 aliphatic carbocycles. The maximum atomic E-state index is 14.2. The van der Waals surface area contributed by atoms with Crippen LogP contribution in [0.3, 0.4) is 0 Å². The lowest BCUT2D eigenvalue weighted by atomic mass is 9.94. The van der Waals surface area contributed by atoms with Crippen LogP contribution in [-0.2, 0) is 22.2 Å². The molecule has 1 amide bonds. The third-order valence-electron chi connectivity index (χ3n) is 8.80. The number of amides is 1. The van der Waals surface area contributed by atoms with E-state index in [1.54, 1.807) is 31.3 Å². The summed E-state index contributed by atoms with van der Waals surface area (Å²) in [5, 5.41) is 14.0. The number of fused-ring (bicyclic) bond motifs is 1. The molecule has 9 nitrogen and oxygen atoms in total. The predicted octanol–water partition coefficient (Wildman–Crippen LogP) is 7.16. The third kappa shape index (κ3) is 9.20. The summed E-state index contributed by atoms with van der Waals surface area (Å²) >= 11 is 6.62. The minimum atomic E-state index is -4.77. The van der Waals surface area contributed by atoms with Crippen molar-refractivity contribution in [3.63, 3.8) is 0 Å². The summed E-state index contributed by atoms with van der Waals surface area (Å²) in [5.74, 6) is 4.46. The highest BCUT2D eigenvalue weighted by molar-refractivity contribution is 6.36. The number of carbonyl (C=O) groups excluding carboxylic acids is 1. The zero-order valence-electron chi connectivity index (χ0n) is 29.1. The van der Waals surface area contributed by atoms with Crippen LogP contribution in [0.1, 0.15) is 79.7 Å². The first-order chi connectivity index (χ1) is 24.0. The molecule has 0 unspecified atom stereocenters. The van der Waals surface area contributed by atoms with Crippen molar-refractivity contribution < 1.29 is 27.9 Å². The quantitative estimate of drug-likeness (QED) is 0.134. The number of carbonyl (C=O) groups is 2. The lowest BCUT2D eigenvalue weighted by Crippen LogP contribution is -2.41. The molecule has 0 saturated heterocycles. The van der Waals surface area contributed by atoms with E-state index in [4.69, 9.17) is 16.6 Å². The molecule has 51 heavy (non-hydrogen) atoms. The molecule has 1 fully saturated rings. The monoisotopic (exact) mass is 723 g/mol. The van der Waals surface area contributed by atoms with E-state index in [9.17, 15) is 32.7 Å². The topological polar surface area (TPSA) is 120 Å². The number of likely N-dealkylation sites (N-methyl/N-ethyl adjacent to an activating group) is 1. The number of nitrogens with one attached hydrogen (secondary N) is 2. The van der Waals surface area contributed by atoms with Crippen LogP contribution in [0.4, 0.5) is 13.2 Å². The standard InChI is InChI=1S/C38H41ClF3N5O4/c1-21(2)14-32(47-20-24(12-13-46(4)5)27(17-33(47)48)38(40,41)42)37(51)45-31(18-34(49)50)30-16-25(15-26(44-30)10-9-23-7-8-23)35-22(3)6-11-29-36(35)28(39)19-43-29/h6,11,15-17,19-21,23,31-32,43H,7-8,12-14,18H2,1-5H3,(H,45,51)(H,49,50)/t31-,32-/m0/s1. The molecule has 270 valence electrons. The Kier molecular flexibility index (Phi) is 11.3. The number of hydrogen-bond acceptors (Lipinski definition) is 5. The van der Waals surface area contributed by atoms with E-state index in [0.29, 0.717) is 22.3 Å². The van der Waals surface area contributed by atoms with E-state index in [1.165, 1.54) is 0 Å². The molecule has 4 aromatic rings. The van der Waals surface area contributed by atoms with Gasteiger partial charge in [0.05, 0.1) is 28.7 Å². The Morgan fingerprint density at radius 2 is 1.92 bits per heavy atom. The molecule has 5 rings (SSSR count). The van der Waals surface area contributed by atoms with Gasteiger partial charge in [0.2, 0.25) is 5.91 Å². The van der Waals surface area contributed by atoms with Crippen LogP contribution in [0.2, 0.25) is 5.02 Å². The number of benzene rings is 1. The maximum Gasteiger partial charge on any atom is 0.416 e. The van der Waals surface area contributed by atoms with Gasteiger partial charge in [-0.05, 0) is 99.0 Å². The molecule has 0 bridgehead atoms. The van der Waals surface area contributed by atoms with Gasteiger partial charge in [0.15, 0.2) is 0 Å². The number of carboxylic acid groups (broad SMARTS) is 1. The number of aromatic amines is 1. The zero-order valence-corrected chi connectivity index (χ0v) is 29.9. The molecule has 1 saturated carbocycles. The average molecular weight is 724 g/mol. The molecule has 1 aliphatic rings. The molecule has 2 atom stereocenters. The highest BCUT2D eigenvalue weighted by atomic mass is 35.5. The van der Waals surface area contributed by atoms with Crippen LogP contribution in [-0.4, -0.2) is 57.1 Å². The summed E-state index contributed by atoms with van der Waals surface area (Å²) in [6.07, 6.45) is -0.494. The van der Waals surface area contributed by atoms with E-state index < -0.39 is 47.7 Å². The molecule has 0 radical (unpaired) electrons. The molecule has 0 aliphatic heterocycles. The largest absolute Gasteiger partial charge is 0.481 e. The second kappa shape index (κ2) is 15.3. The van der Waals surface area contributed by atoms with Crippen molar-refractivity contribution >= 4 is 34.4 Å². The fraction of sp³-hybridized carbons (Fsp3) is 0.421. The Hall–Kier alpha value is -4.60. The molecule has 0 spiro atoms. The van der Waals surface area contributed by atoms with Gasteiger partial charge in [0, 0.05) is 41.8 Å². The maximum absolute atomic E-state index is 14.2. The number of alkyl halides is 3. The third-order valence-corrected chi connectivity index (χ3v) is 9.10. The van der Waals surface area contributed by atoms with E-state index in [0.717, 1.165) is 45.6 Å². The van der Waals surface area contributed by atoms with Crippen molar-refractivity contribution in [2.24, 2.45) is 11.8 Å². The van der Waals surface area contributed by atoms with Crippen LogP contribution < -0.4 is 10.9 Å². The van der Waals surface area contributed by atoms with Crippen molar-refractivity contribution in [2.45, 2.75) is 71.1 Å². The number of carboxylic acids is 1. The number of halogens is 4. The van der Waals surface area contributed by atoms with E-state index >= 15 is 0 Å². The summed E-state index contributed by atoms with van der Waals surface area (Å²) in [7, 11) is 3.45. The number of aromatic nitrogens is 3. The molecule has 13 heteroatoms. The van der Waals surface area contributed by atoms with Crippen LogP contribution in [0, 0.1) is 30.6 Å². The Balaban J connectivity index is 1.61. The zero-order chi connectivity index (χ0) is 37.2. The Bertz CT molecular complexity index is 2070. The van der Waals surface area contributed by atoms with Gasteiger partial charge in [0.25, 0.3) is 5.56 Å². The van der Waals surface area contributed by atoms with Gasteiger partial charge in [-0.25, -0.2) is 4.98 Å². The Morgan fingerprint density at radius 1 is 1.20 bits per heavy atom. The first kappa shape index (κ1) is 37.7. The number of aliphatic carboxylic acids is 1. The molecule has 3 aromatic heterocycles. The van der Waals surface area contributed by atoms with Crippen LogP contribution in [0.15, 0.2) is 47.5 Å². The lowest BCUT2D eigenvalue weighted by Gasteiger charge is -2.26. The predicted molar refractivity (Wildman–Crippen MR) is 190 cm³/mol. The summed E-state index contributed by atoms with van der Waals surface area (Å²) in [5.41, 5.74) is 1.58. The fourth-order valence-electron chi connectivity index (χ4n) is 6.11. The van der Waals surface area contributed by atoms with Crippen molar-refractivity contribution in [1.82, 2.24) is 24.8 Å². The van der Waals surface area contributed by atoms with Gasteiger partial charge in [-0.1, -0.05) is 37.4 Å². The number of pyridine rings is 2. The van der Waals surface area contributed by atoms with Gasteiger partial charge >= 0.3 is 12.1 Å². The summed E-state index contributed by atoms with van der Waals surface area (Å²) in [4.78, 5) is 49.3. The van der Waals surface area contributed by atoms with Gasteiger partial charge in [-0.15, -0.1) is 0 Å². The smallest absolute Gasteiger partial charge is 0.416 e. The van der Waals surface area contributed by atoms with Gasteiger partial charge < -0.3 is 24.9 Å². The highest BCUT2D eigenvalue weighted by Gasteiger charge is 2.36. The summed E-state index contributed by atoms with van der Waals surface area (Å²) < 4.78 is 43.1. The summed E-state index contributed by atoms with van der Waals surface area (Å²) in [6.45, 7) is 5.84. The van der Waals surface area contributed by atoms with Crippen LogP contribution >= 0.6 is 11.6 Å². The number of nitrogens with zero attached hydrogens (tertiary/aromatic N) is 3. The lowest BCUT2D eigenvalue weighted by molar-refractivity contribution is -0.139. The Morgan fingerprint density at radius 3 is 2.55 bits per heavy atom. The molecular weight excluding hydrogens is 683 g/mol. The highest BCUT2D eigenvalue weighted by Crippen LogP contribution is 2.38. The number of aryl methyl sites for hydroxylation is 1. The van der Waals surface area contributed by atoms with Crippen molar-refractivity contribution in [2.75, 3.05) is 20.6 Å². The summed E-state index contributed by atoms with van der Waals surface area (Å²) in [6, 6.07) is 5.47. The molecular formula is C38H41ClF3N5O4. The second-order valence-corrected chi connectivity index (χ2v) is 14.2. The molecule has 1 aromatic carbocycles. The van der Waals surface area contributed by atoms with Crippen molar-refractivity contribution in [3.05, 3.63) is 86.2 Å². The Labute approximate surface area is 299 Å². The van der Waals surface area contributed by atoms with Crippen molar-refractivity contribution in [1.29, 1.82) is 0 Å².